The third kappa shape index (κ3) is 8.74. The highest BCUT2D eigenvalue weighted by Gasteiger charge is 2.22. The molecule has 3 aromatic rings. The number of hydrogen-bond acceptors (Lipinski definition) is 6. The van der Waals surface area contributed by atoms with E-state index >= 15 is 0 Å². The number of carbonyl (C=O) groups excluding carboxylic acids is 2. The van der Waals surface area contributed by atoms with E-state index < -0.39 is 11.8 Å². The average molecular weight is 544 g/mol. The minimum Gasteiger partial charge on any atom is -0.493 e. The molecule has 0 radical (unpaired) electrons. The van der Waals surface area contributed by atoms with E-state index in [2.05, 4.69) is 5.32 Å². The van der Waals surface area contributed by atoms with Crippen molar-refractivity contribution in [2.45, 2.75) is 19.4 Å². The Labute approximate surface area is 226 Å². The first-order valence-corrected chi connectivity index (χ1v) is 13.1. The number of benzene rings is 2. The van der Waals surface area contributed by atoms with Crippen LogP contribution in [0.2, 0.25) is 0 Å². The third-order valence-corrected chi connectivity index (χ3v) is 6.72. The lowest BCUT2D eigenvalue weighted by Gasteiger charge is -2.28. The van der Waals surface area contributed by atoms with Gasteiger partial charge in [-0.15, -0.1) is 11.3 Å². The molecule has 1 heterocycles. The Hall–Kier alpha value is -3.63. The van der Waals surface area contributed by atoms with Crippen molar-refractivity contribution < 1.29 is 28.2 Å². The lowest BCUT2D eigenvalue weighted by molar-refractivity contribution is -0.132. The Morgan fingerprint density at radius 1 is 0.947 bits per heavy atom. The Balaban J connectivity index is 1.74. The number of hydrogen-bond donors (Lipinski definition) is 1. The molecule has 0 saturated carbocycles. The topological polar surface area (TPSA) is 80.3 Å². The third-order valence-electron chi connectivity index (χ3n) is 5.86. The second kappa shape index (κ2) is 14.9. The lowest BCUT2D eigenvalue weighted by atomic mass is 10.1. The van der Waals surface area contributed by atoms with Gasteiger partial charge in [0.1, 0.15) is 12.4 Å². The number of carbonyl (C=O) groups is 2. The van der Waals surface area contributed by atoms with E-state index in [0.29, 0.717) is 56.3 Å². The molecular weight excluding hydrogens is 509 g/mol. The number of rotatable bonds is 14. The van der Waals surface area contributed by atoms with Gasteiger partial charge >= 0.3 is 6.03 Å². The number of halogens is 1. The van der Waals surface area contributed by atoms with Crippen LogP contribution in [0.3, 0.4) is 0 Å². The van der Waals surface area contributed by atoms with Crippen LogP contribution in [0.25, 0.3) is 0 Å². The van der Waals surface area contributed by atoms with Gasteiger partial charge in [0, 0.05) is 37.4 Å². The van der Waals surface area contributed by atoms with Crippen LogP contribution in [-0.2, 0) is 22.5 Å². The fourth-order valence-corrected chi connectivity index (χ4v) is 4.59. The Kier molecular flexibility index (Phi) is 11.4. The van der Waals surface area contributed by atoms with Crippen LogP contribution in [0.15, 0.2) is 60.0 Å². The normalized spacial score (nSPS) is 10.6. The summed E-state index contributed by atoms with van der Waals surface area (Å²) in [4.78, 5) is 30.8. The van der Waals surface area contributed by atoms with Gasteiger partial charge in [-0.2, -0.15) is 0 Å². The molecule has 8 nitrogen and oxygen atoms in total. The Morgan fingerprint density at radius 3 is 2.45 bits per heavy atom. The molecule has 0 bridgehead atoms. The second-order valence-corrected chi connectivity index (χ2v) is 9.57. The number of amides is 3. The number of urea groups is 1. The molecular formula is C28H34FN3O5S. The van der Waals surface area contributed by atoms with Crippen LogP contribution in [0, 0.1) is 5.82 Å². The van der Waals surface area contributed by atoms with Crippen LogP contribution in [-0.4, -0.2) is 69.3 Å². The van der Waals surface area contributed by atoms with Gasteiger partial charge < -0.3 is 29.3 Å². The number of ether oxygens (including phenoxy) is 3. The van der Waals surface area contributed by atoms with Crippen molar-refractivity contribution in [3.05, 3.63) is 76.2 Å². The molecule has 0 aliphatic carbocycles. The molecule has 3 amide bonds. The molecule has 0 saturated heterocycles. The zero-order chi connectivity index (χ0) is 27.3. The molecule has 10 heteroatoms. The molecule has 0 fully saturated rings. The Morgan fingerprint density at radius 2 is 1.76 bits per heavy atom. The zero-order valence-electron chi connectivity index (χ0n) is 21.9. The van der Waals surface area contributed by atoms with Gasteiger partial charge in [-0.1, -0.05) is 18.2 Å². The van der Waals surface area contributed by atoms with Crippen LogP contribution < -0.4 is 14.8 Å². The number of anilines is 1. The summed E-state index contributed by atoms with van der Waals surface area (Å²) < 4.78 is 29.5. The molecule has 0 aliphatic heterocycles. The van der Waals surface area contributed by atoms with Gasteiger partial charge in [-0.3, -0.25) is 4.79 Å². The fourth-order valence-electron chi connectivity index (χ4n) is 3.87. The molecule has 0 atom stereocenters. The van der Waals surface area contributed by atoms with E-state index in [-0.39, 0.29) is 12.5 Å². The quantitative estimate of drug-likeness (QED) is 0.288. The maximum absolute atomic E-state index is 13.6. The highest BCUT2D eigenvalue weighted by atomic mass is 32.1. The van der Waals surface area contributed by atoms with E-state index in [1.807, 2.05) is 35.7 Å². The first kappa shape index (κ1) is 28.9. The van der Waals surface area contributed by atoms with Crippen LogP contribution in [0.4, 0.5) is 14.9 Å². The second-order valence-electron chi connectivity index (χ2n) is 8.54. The zero-order valence-corrected chi connectivity index (χ0v) is 22.8. The summed E-state index contributed by atoms with van der Waals surface area (Å²) in [5, 5.41) is 4.66. The summed E-state index contributed by atoms with van der Waals surface area (Å²) in [7, 11) is 4.75. The van der Waals surface area contributed by atoms with E-state index in [4.69, 9.17) is 14.2 Å². The summed E-state index contributed by atoms with van der Waals surface area (Å²) in [5.74, 6) is 0.617. The summed E-state index contributed by atoms with van der Waals surface area (Å²) in [6.07, 6.45) is 1.15. The summed E-state index contributed by atoms with van der Waals surface area (Å²) >= 11 is 1.57. The molecule has 0 unspecified atom stereocenters. The van der Waals surface area contributed by atoms with Gasteiger partial charge in [-0.05, 0) is 60.2 Å². The molecule has 2 aromatic carbocycles. The number of thiophene rings is 1. The van der Waals surface area contributed by atoms with Crippen molar-refractivity contribution in [1.29, 1.82) is 0 Å². The van der Waals surface area contributed by atoms with Crippen LogP contribution in [0.5, 0.6) is 11.5 Å². The molecule has 0 spiro atoms. The average Bonchev–Trinajstić information content (AvgIpc) is 3.43. The lowest BCUT2D eigenvalue weighted by Crippen LogP contribution is -2.45. The van der Waals surface area contributed by atoms with Crippen LogP contribution >= 0.6 is 11.3 Å². The van der Waals surface area contributed by atoms with E-state index in [0.717, 1.165) is 10.4 Å². The number of methoxy groups -OCH3 is 3. The van der Waals surface area contributed by atoms with Crippen molar-refractivity contribution >= 4 is 29.0 Å². The predicted molar refractivity (Wildman–Crippen MR) is 146 cm³/mol. The predicted octanol–water partition coefficient (Wildman–Crippen LogP) is 5.05. The highest BCUT2D eigenvalue weighted by Crippen LogP contribution is 2.28. The number of nitrogens with zero attached hydrogens (tertiary/aromatic N) is 2. The Bertz CT molecular complexity index is 1180. The van der Waals surface area contributed by atoms with Gasteiger partial charge in [0.25, 0.3) is 0 Å². The van der Waals surface area contributed by atoms with E-state index in [1.54, 1.807) is 43.6 Å². The monoisotopic (exact) mass is 543 g/mol. The fraction of sp³-hybridized carbons (Fsp3) is 0.357. The highest BCUT2D eigenvalue weighted by molar-refractivity contribution is 7.09. The van der Waals surface area contributed by atoms with Gasteiger partial charge in [0.2, 0.25) is 5.91 Å². The minimum atomic E-state index is -0.476. The van der Waals surface area contributed by atoms with Gasteiger partial charge in [0.15, 0.2) is 11.5 Å². The number of nitrogens with one attached hydrogen (secondary N) is 1. The molecule has 3 rings (SSSR count). The SMILES string of the molecule is COCCCN(CC(=O)N(CCc1ccc(OC)c(OC)c1)Cc1cccs1)C(=O)Nc1cccc(F)c1. The standard InChI is InChI=1S/C28H34FN3O5S/c1-35-15-6-13-32(28(34)30-23-8-4-7-22(29)18-23)20-27(33)31(19-24-9-5-16-38-24)14-12-21-10-11-25(36-2)26(17-21)37-3/h4-5,7-11,16-18H,6,12-15,19-20H2,1-3H3,(H,30,34). The van der Waals surface area contributed by atoms with E-state index in [9.17, 15) is 14.0 Å². The van der Waals surface area contributed by atoms with Crippen molar-refractivity contribution in [2.75, 3.05) is 52.9 Å². The summed E-state index contributed by atoms with van der Waals surface area (Å²) in [6.45, 7) is 1.51. The largest absolute Gasteiger partial charge is 0.493 e. The maximum atomic E-state index is 13.6. The van der Waals surface area contributed by atoms with Gasteiger partial charge in [-0.25, -0.2) is 9.18 Å². The van der Waals surface area contributed by atoms with Crippen molar-refractivity contribution in [2.24, 2.45) is 0 Å². The maximum Gasteiger partial charge on any atom is 0.322 e. The minimum absolute atomic E-state index is 0.123. The van der Waals surface area contributed by atoms with Crippen molar-refractivity contribution in [1.82, 2.24) is 9.80 Å². The molecule has 1 aromatic heterocycles. The molecule has 1 N–H and O–H groups in total. The molecule has 204 valence electrons. The van der Waals surface area contributed by atoms with Gasteiger partial charge in [0.05, 0.1) is 20.8 Å². The summed E-state index contributed by atoms with van der Waals surface area (Å²) in [5.41, 5.74) is 1.32. The van der Waals surface area contributed by atoms with Crippen molar-refractivity contribution in [3.63, 3.8) is 0 Å². The van der Waals surface area contributed by atoms with Crippen molar-refractivity contribution in [3.8, 4) is 11.5 Å². The first-order chi connectivity index (χ1) is 18.4. The van der Waals surface area contributed by atoms with Crippen LogP contribution in [0.1, 0.15) is 16.9 Å². The smallest absolute Gasteiger partial charge is 0.322 e. The molecule has 0 aliphatic rings. The molecule has 38 heavy (non-hydrogen) atoms. The van der Waals surface area contributed by atoms with E-state index in [1.165, 1.54) is 23.1 Å². The summed E-state index contributed by atoms with van der Waals surface area (Å²) in [6, 6.07) is 14.8. The first-order valence-electron chi connectivity index (χ1n) is 12.2.